The van der Waals surface area contributed by atoms with Crippen molar-refractivity contribution in [2.75, 3.05) is 4.90 Å². The maximum Gasteiger partial charge on any atom is 0.276 e. The average Bonchev–Trinajstić information content (AvgIpc) is 2.69. The van der Waals surface area contributed by atoms with Crippen molar-refractivity contribution in [3.8, 4) is 0 Å². The number of rotatable bonds is 3. The lowest BCUT2D eigenvalue weighted by atomic mass is 10.1. The summed E-state index contributed by atoms with van der Waals surface area (Å²) >= 11 is 5.87. The smallest absolute Gasteiger partial charge is 0.276 e. The summed E-state index contributed by atoms with van der Waals surface area (Å²) < 4.78 is 0. The predicted octanol–water partition coefficient (Wildman–Crippen LogP) is 3.41. The number of hydrogen-bond donors (Lipinski definition) is 0. The molecule has 0 N–H and O–H groups in total. The van der Waals surface area contributed by atoms with E-state index >= 15 is 0 Å². The Morgan fingerprint density at radius 2 is 2.28 bits per heavy atom. The van der Waals surface area contributed by atoms with Gasteiger partial charge in [-0.2, -0.15) is 0 Å². The minimum Gasteiger partial charge on any atom is -0.351 e. The Bertz CT molecular complexity index is 467. The van der Waals surface area contributed by atoms with Crippen LogP contribution in [-0.4, -0.2) is 22.0 Å². The van der Waals surface area contributed by atoms with Crippen LogP contribution in [0.1, 0.15) is 33.1 Å². The third-order valence-corrected chi connectivity index (χ3v) is 3.69. The largest absolute Gasteiger partial charge is 0.351 e. The van der Waals surface area contributed by atoms with E-state index in [0.29, 0.717) is 17.9 Å². The maximum absolute atomic E-state index is 10.9. The van der Waals surface area contributed by atoms with Crippen LogP contribution in [0.15, 0.2) is 12.1 Å². The zero-order valence-electron chi connectivity index (χ0n) is 10.5. The molecular formula is C12H16ClN3O2. The van der Waals surface area contributed by atoms with Gasteiger partial charge in [-0.25, -0.2) is 4.98 Å². The van der Waals surface area contributed by atoms with Crippen molar-refractivity contribution in [2.45, 2.75) is 45.2 Å². The van der Waals surface area contributed by atoms with Gasteiger partial charge < -0.3 is 4.90 Å². The summed E-state index contributed by atoms with van der Waals surface area (Å²) in [5.41, 5.74) is -0.000969. The molecule has 1 saturated heterocycles. The highest BCUT2D eigenvalue weighted by Crippen LogP contribution is 2.33. The van der Waals surface area contributed by atoms with E-state index in [0.717, 1.165) is 19.3 Å². The summed E-state index contributed by atoms with van der Waals surface area (Å²) in [7, 11) is 0. The highest BCUT2D eigenvalue weighted by Gasteiger charge is 2.31. The zero-order chi connectivity index (χ0) is 13.3. The maximum atomic E-state index is 10.9. The van der Waals surface area contributed by atoms with Gasteiger partial charge >= 0.3 is 0 Å². The van der Waals surface area contributed by atoms with Crippen molar-refractivity contribution in [2.24, 2.45) is 0 Å². The van der Waals surface area contributed by atoms with E-state index in [1.165, 1.54) is 12.1 Å². The molecule has 2 heterocycles. The summed E-state index contributed by atoms with van der Waals surface area (Å²) in [5, 5.41) is 11.0. The van der Waals surface area contributed by atoms with Crippen molar-refractivity contribution in [3.05, 3.63) is 27.4 Å². The molecule has 98 valence electrons. The molecule has 1 aliphatic rings. The fraction of sp³-hybridized carbons (Fsp3) is 0.583. The van der Waals surface area contributed by atoms with E-state index in [9.17, 15) is 10.1 Å². The third-order valence-electron chi connectivity index (χ3n) is 3.50. The topological polar surface area (TPSA) is 59.3 Å². The molecule has 6 heteroatoms. The Labute approximate surface area is 111 Å². The highest BCUT2D eigenvalue weighted by atomic mass is 35.5. The minimum atomic E-state index is -0.432. The molecule has 1 aromatic heterocycles. The SMILES string of the molecule is CCC1CCC(C)N1c1cc([N+](=O)[O-])cc(Cl)n1. The van der Waals surface area contributed by atoms with Gasteiger partial charge in [-0.1, -0.05) is 18.5 Å². The van der Waals surface area contributed by atoms with Crippen molar-refractivity contribution < 1.29 is 4.92 Å². The molecule has 1 aliphatic heterocycles. The summed E-state index contributed by atoms with van der Waals surface area (Å²) in [5.74, 6) is 0.617. The summed E-state index contributed by atoms with van der Waals surface area (Å²) in [6.45, 7) is 4.23. The van der Waals surface area contributed by atoms with E-state index in [2.05, 4.69) is 23.7 Å². The normalized spacial score (nSPS) is 23.4. The lowest BCUT2D eigenvalue weighted by molar-refractivity contribution is -0.384. The van der Waals surface area contributed by atoms with E-state index in [1.807, 2.05) is 0 Å². The molecule has 18 heavy (non-hydrogen) atoms. The van der Waals surface area contributed by atoms with Crippen LogP contribution >= 0.6 is 11.6 Å². The number of pyridine rings is 1. The van der Waals surface area contributed by atoms with Crippen LogP contribution < -0.4 is 4.90 Å². The summed E-state index contributed by atoms with van der Waals surface area (Å²) in [6, 6.07) is 3.54. The highest BCUT2D eigenvalue weighted by molar-refractivity contribution is 6.29. The predicted molar refractivity (Wildman–Crippen MR) is 71.2 cm³/mol. The molecular weight excluding hydrogens is 254 g/mol. The van der Waals surface area contributed by atoms with Gasteiger partial charge in [-0.05, 0) is 26.2 Å². The Hall–Kier alpha value is -1.36. The number of nitro groups is 1. The van der Waals surface area contributed by atoms with Crippen molar-refractivity contribution in [1.29, 1.82) is 0 Å². The first-order valence-corrected chi connectivity index (χ1v) is 6.51. The van der Waals surface area contributed by atoms with Crippen LogP contribution in [0.25, 0.3) is 0 Å². The minimum absolute atomic E-state index is 0.000969. The molecule has 0 bridgehead atoms. The number of hydrogen-bond acceptors (Lipinski definition) is 4. The van der Waals surface area contributed by atoms with Gasteiger partial charge in [0, 0.05) is 12.1 Å². The molecule has 0 aromatic carbocycles. The Balaban J connectivity index is 2.40. The molecule has 0 spiro atoms. The van der Waals surface area contributed by atoms with Crippen LogP contribution in [0.5, 0.6) is 0 Å². The number of nitrogens with zero attached hydrogens (tertiary/aromatic N) is 3. The first-order valence-electron chi connectivity index (χ1n) is 6.13. The number of halogens is 1. The van der Waals surface area contributed by atoms with Gasteiger partial charge in [-0.3, -0.25) is 10.1 Å². The Morgan fingerprint density at radius 1 is 1.56 bits per heavy atom. The van der Waals surface area contributed by atoms with Crippen LogP contribution in [0, 0.1) is 10.1 Å². The fourth-order valence-corrected chi connectivity index (χ4v) is 2.79. The molecule has 0 amide bonds. The van der Waals surface area contributed by atoms with Crippen molar-refractivity contribution in [1.82, 2.24) is 4.98 Å². The fourth-order valence-electron chi connectivity index (χ4n) is 2.59. The summed E-state index contributed by atoms with van der Waals surface area (Å²) in [4.78, 5) is 16.8. The molecule has 0 aliphatic carbocycles. The standard InChI is InChI=1S/C12H16ClN3O2/c1-3-9-5-4-8(2)15(9)12-7-10(16(17)18)6-11(13)14-12/h6-9H,3-5H2,1-2H3. The molecule has 0 radical (unpaired) electrons. The third kappa shape index (κ3) is 2.41. The van der Waals surface area contributed by atoms with E-state index in [1.54, 1.807) is 0 Å². The first kappa shape index (κ1) is 13.1. The molecule has 2 unspecified atom stereocenters. The second-order valence-electron chi connectivity index (χ2n) is 4.66. The van der Waals surface area contributed by atoms with Gasteiger partial charge in [0.15, 0.2) is 0 Å². The van der Waals surface area contributed by atoms with E-state index in [4.69, 9.17) is 11.6 Å². The number of aromatic nitrogens is 1. The van der Waals surface area contributed by atoms with Crippen LogP contribution in [0.4, 0.5) is 11.5 Å². The lowest BCUT2D eigenvalue weighted by Crippen LogP contribution is -2.34. The van der Waals surface area contributed by atoms with Crippen LogP contribution in [0.2, 0.25) is 5.15 Å². The van der Waals surface area contributed by atoms with Gasteiger partial charge in [0.1, 0.15) is 11.0 Å². The Kier molecular flexibility index (Phi) is 3.71. The Morgan fingerprint density at radius 3 is 2.89 bits per heavy atom. The number of anilines is 1. The van der Waals surface area contributed by atoms with Crippen molar-refractivity contribution in [3.63, 3.8) is 0 Å². The molecule has 0 saturated carbocycles. The second kappa shape index (κ2) is 5.10. The van der Waals surface area contributed by atoms with E-state index in [-0.39, 0.29) is 10.8 Å². The summed E-state index contributed by atoms with van der Waals surface area (Å²) in [6.07, 6.45) is 3.19. The molecule has 1 aromatic rings. The van der Waals surface area contributed by atoms with E-state index < -0.39 is 4.92 Å². The lowest BCUT2D eigenvalue weighted by Gasteiger charge is -2.29. The van der Waals surface area contributed by atoms with Gasteiger partial charge in [0.05, 0.1) is 17.1 Å². The molecule has 2 atom stereocenters. The van der Waals surface area contributed by atoms with Gasteiger partial charge in [0.2, 0.25) is 0 Å². The monoisotopic (exact) mass is 269 g/mol. The van der Waals surface area contributed by atoms with Gasteiger partial charge in [-0.15, -0.1) is 0 Å². The molecule has 1 fully saturated rings. The first-order chi connectivity index (χ1) is 8.52. The quantitative estimate of drug-likeness (QED) is 0.479. The second-order valence-corrected chi connectivity index (χ2v) is 5.05. The van der Waals surface area contributed by atoms with Gasteiger partial charge in [0.25, 0.3) is 5.69 Å². The molecule has 5 nitrogen and oxygen atoms in total. The van der Waals surface area contributed by atoms with Crippen LogP contribution in [-0.2, 0) is 0 Å². The average molecular weight is 270 g/mol. The zero-order valence-corrected chi connectivity index (χ0v) is 11.2. The molecule has 2 rings (SSSR count). The van der Waals surface area contributed by atoms with Crippen molar-refractivity contribution >= 4 is 23.1 Å². The van der Waals surface area contributed by atoms with Crippen LogP contribution in [0.3, 0.4) is 0 Å².